The van der Waals surface area contributed by atoms with Crippen LogP contribution < -0.4 is 9.64 Å². The SMILES string of the molecule is C=CCOc1cccc(C2C(S(=O)(=O)c3ccc(Cl)cc3)=C(O)C(=O)N2c2ccc(Cl)cc2)c1. The van der Waals surface area contributed by atoms with E-state index < -0.39 is 32.5 Å². The summed E-state index contributed by atoms with van der Waals surface area (Å²) in [5.74, 6) is -1.25. The molecule has 0 bridgehead atoms. The van der Waals surface area contributed by atoms with Gasteiger partial charge in [-0.1, -0.05) is 48.0 Å². The van der Waals surface area contributed by atoms with Crippen LogP contribution in [0, 0.1) is 0 Å². The maximum absolute atomic E-state index is 13.7. The standard InChI is InChI=1S/C25H19Cl2NO5S/c1-2-14-33-20-5-3-4-16(15-20)22-24(34(31,32)21-12-8-18(27)9-13-21)23(29)25(30)28(22)19-10-6-17(26)7-11-19/h2-13,15,22,29H,1,14H2. The predicted octanol–water partition coefficient (Wildman–Crippen LogP) is 5.89. The molecule has 1 aliphatic rings. The highest BCUT2D eigenvalue weighted by molar-refractivity contribution is 7.95. The molecule has 1 amide bonds. The number of sulfone groups is 1. The predicted molar refractivity (Wildman–Crippen MR) is 132 cm³/mol. The van der Waals surface area contributed by atoms with E-state index in [0.29, 0.717) is 27.0 Å². The lowest BCUT2D eigenvalue weighted by Gasteiger charge is -2.27. The van der Waals surface area contributed by atoms with Crippen molar-refractivity contribution in [3.05, 3.63) is 112 Å². The first-order valence-corrected chi connectivity index (χ1v) is 12.3. The zero-order chi connectivity index (χ0) is 24.5. The largest absolute Gasteiger partial charge is 0.502 e. The van der Waals surface area contributed by atoms with E-state index in [4.69, 9.17) is 27.9 Å². The maximum atomic E-state index is 13.7. The van der Waals surface area contributed by atoms with Crippen molar-refractivity contribution in [3.8, 4) is 5.75 Å². The summed E-state index contributed by atoms with van der Waals surface area (Å²) < 4.78 is 32.9. The molecule has 1 atom stereocenters. The molecule has 4 rings (SSSR count). The van der Waals surface area contributed by atoms with Crippen molar-refractivity contribution in [3.63, 3.8) is 0 Å². The van der Waals surface area contributed by atoms with Crippen LogP contribution >= 0.6 is 23.2 Å². The Morgan fingerprint density at radius 2 is 1.62 bits per heavy atom. The molecular formula is C25H19Cl2NO5S. The number of rotatable bonds is 7. The minimum atomic E-state index is -4.29. The Hall–Kier alpha value is -3.26. The summed E-state index contributed by atoms with van der Waals surface area (Å²) in [5.41, 5.74) is 0.797. The number of anilines is 1. The van der Waals surface area contributed by atoms with E-state index >= 15 is 0 Å². The number of hydrogen-bond donors (Lipinski definition) is 1. The maximum Gasteiger partial charge on any atom is 0.295 e. The fraction of sp³-hybridized carbons (Fsp3) is 0.0800. The topological polar surface area (TPSA) is 83.9 Å². The Bertz CT molecular complexity index is 1380. The second-order valence-corrected chi connectivity index (χ2v) is 10.2. The second kappa shape index (κ2) is 9.54. The number of carbonyl (C=O) groups excluding carboxylic acids is 1. The zero-order valence-corrected chi connectivity index (χ0v) is 20.0. The Morgan fingerprint density at radius 3 is 2.24 bits per heavy atom. The quantitative estimate of drug-likeness (QED) is 0.396. The number of amides is 1. The van der Waals surface area contributed by atoms with Gasteiger partial charge >= 0.3 is 0 Å². The summed E-state index contributed by atoms with van der Waals surface area (Å²) in [7, 11) is -4.29. The summed E-state index contributed by atoms with van der Waals surface area (Å²) in [6, 6.07) is 17.3. The molecule has 0 spiro atoms. The highest BCUT2D eigenvalue weighted by atomic mass is 35.5. The first-order valence-electron chi connectivity index (χ1n) is 10.1. The molecule has 0 aliphatic carbocycles. The number of aliphatic hydroxyl groups is 1. The van der Waals surface area contributed by atoms with Crippen LogP contribution in [0.2, 0.25) is 10.0 Å². The van der Waals surface area contributed by atoms with E-state index in [9.17, 15) is 18.3 Å². The molecule has 0 aromatic heterocycles. The van der Waals surface area contributed by atoms with Crippen molar-refractivity contribution in [2.75, 3.05) is 11.5 Å². The van der Waals surface area contributed by atoms with Gasteiger partial charge in [-0.3, -0.25) is 9.69 Å². The molecule has 1 N–H and O–H groups in total. The highest BCUT2D eigenvalue weighted by Crippen LogP contribution is 2.45. The molecule has 3 aromatic rings. The number of halogens is 2. The van der Waals surface area contributed by atoms with Crippen LogP contribution in [0.1, 0.15) is 11.6 Å². The number of nitrogens with zero attached hydrogens (tertiary/aromatic N) is 1. The van der Waals surface area contributed by atoms with Crippen molar-refractivity contribution in [1.29, 1.82) is 0 Å². The van der Waals surface area contributed by atoms with Crippen molar-refractivity contribution < 1.29 is 23.1 Å². The number of hydrogen-bond acceptors (Lipinski definition) is 5. The third kappa shape index (κ3) is 4.42. The molecular weight excluding hydrogens is 497 g/mol. The molecule has 0 saturated heterocycles. The van der Waals surface area contributed by atoms with Crippen molar-refractivity contribution in [2.45, 2.75) is 10.9 Å². The van der Waals surface area contributed by atoms with E-state index in [2.05, 4.69) is 6.58 Å². The molecule has 0 fully saturated rings. The van der Waals surface area contributed by atoms with E-state index in [1.807, 2.05) is 0 Å². The Labute approximate surface area is 207 Å². The molecule has 6 nitrogen and oxygen atoms in total. The van der Waals surface area contributed by atoms with Gasteiger partial charge in [0.25, 0.3) is 5.91 Å². The minimum absolute atomic E-state index is 0.103. The van der Waals surface area contributed by atoms with E-state index in [1.54, 1.807) is 54.6 Å². The van der Waals surface area contributed by atoms with E-state index in [0.717, 1.165) is 0 Å². The third-order valence-corrected chi connectivity index (χ3v) is 7.61. The fourth-order valence-electron chi connectivity index (χ4n) is 3.70. The molecule has 0 radical (unpaired) electrons. The molecule has 174 valence electrons. The van der Waals surface area contributed by atoms with E-state index in [1.165, 1.54) is 29.2 Å². The summed E-state index contributed by atoms with van der Waals surface area (Å²) in [6.07, 6.45) is 1.58. The van der Waals surface area contributed by atoms with Gasteiger partial charge in [0.2, 0.25) is 9.84 Å². The average molecular weight is 516 g/mol. The van der Waals surface area contributed by atoms with Crippen LogP contribution in [0.4, 0.5) is 5.69 Å². The van der Waals surface area contributed by atoms with Gasteiger partial charge in [0.15, 0.2) is 5.76 Å². The number of ether oxygens (including phenoxy) is 1. The number of benzene rings is 3. The fourth-order valence-corrected chi connectivity index (χ4v) is 5.57. The number of aliphatic hydroxyl groups excluding tert-OH is 1. The monoisotopic (exact) mass is 515 g/mol. The summed E-state index contributed by atoms with van der Waals surface area (Å²) in [5, 5.41) is 11.6. The van der Waals surface area contributed by atoms with Crippen LogP contribution in [0.15, 0.2) is 101 Å². The lowest BCUT2D eigenvalue weighted by atomic mass is 10.1. The van der Waals surface area contributed by atoms with Gasteiger partial charge in [0.1, 0.15) is 23.3 Å². The van der Waals surface area contributed by atoms with Gasteiger partial charge in [-0.25, -0.2) is 8.42 Å². The molecule has 0 saturated carbocycles. The normalized spacial score (nSPS) is 16.1. The van der Waals surface area contributed by atoms with Crippen LogP contribution in [-0.2, 0) is 14.6 Å². The van der Waals surface area contributed by atoms with E-state index in [-0.39, 0.29) is 11.5 Å². The molecule has 1 unspecified atom stereocenters. The Balaban J connectivity index is 1.91. The van der Waals surface area contributed by atoms with Gasteiger partial charge in [-0.15, -0.1) is 0 Å². The van der Waals surface area contributed by atoms with Crippen molar-refractivity contribution in [1.82, 2.24) is 0 Å². The van der Waals surface area contributed by atoms with Gasteiger partial charge in [-0.2, -0.15) is 0 Å². The minimum Gasteiger partial charge on any atom is -0.502 e. The summed E-state index contributed by atoms with van der Waals surface area (Å²) in [4.78, 5) is 13.9. The number of carbonyl (C=O) groups is 1. The molecule has 3 aromatic carbocycles. The third-order valence-electron chi connectivity index (χ3n) is 5.22. The summed E-state index contributed by atoms with van der Waals surface area (Å²) in [6.45, 7) is 3.86. The van der Waals surface area contributed by atoms with Crippen molar-refractivity contribution in [2.24, 2.45) is 0 Å². The van der Waals surface area contributed by atoms with Crippen LogP contribution in [-0.4, -0.2) is 26.0 Å². The van der Waals surface area contributed by atoms with Crippen molar-refractivity contribution >= 4 is 44.6 Å². The molecule has 34 heavy (non-hydrogen) atoms. The summed E-state index contributed by atoms with van der Waals surface area (Å²) >= 11 is 11.9. The van der Waals surface area contributed by atoms with Gasteiger partial charge in [0.05, 0.1) is 4.90 Å². The van der Waals surface area contributed by atoms with Gasteiger partial charge in [0, 0.05) is 15.7 Å². The first kappa shape index (κ1) is 23.9. The molecule has 1 aliphatic heterocycles. The Kier molecular flexibility index (Phi) is 6.70. The van der Waals surface area contributed by atoms with Crippen LogP contribution in [0.5, 0.6) is 5.75 Å². The lowest BCUT2D eigenvalue weighted by molar-refractivity contribution is -0.117. The zero-order valence-electron chi connectivity index (χ0n) is 17.7. The molecule has 9 heteroatoms. The van der Waals surface area contributed by atoms with Crippen LogP contribution in [0.25, 0.3) is 0 Å². The smallest absolute Gasteiger partial charge is 0.295 e. The van der Waals surface area contributed by atoms with Crippen LogP contribution in [0.3, 0.4) is 0 Å². The first-order chi connectivity index (χ1) is 16.2. The van der Waals surface area contributed by atoms with Gasteiger partial charge in [-0.05, 0) is 66.2 Å². The lowest BCUT2D eigenvalue weighted by Crippen LogP contribution is -2.31. The molecule has 1 heterocycles. The Morgan fingerprint density at radius 1 is 1.00 bits per heavy atom. The second-order valence-electron chi connectivity index (χ2n) is 7.40. The highest BCUT2D eigenvalue weighted by Gasteiger charge is 2.47. The average Bonchev–Trinajstić information content (AvgIpc) is 3.10. The van der Waals surface area contributed by atoms with Gasteiger partial charge < -0.3 is 9.84 Å².